The van der Waals surface area contributed by atoms with Gasteiger partial charge in [0.25, 0.3) is 0 Å². The van der Waals surface area contributed by atoms with Gasteiger partial charge in [0.05, 0.1) is 0 Å². The van der Waals surface area contributed by atoms with Crippen molar-refractivity contribution in [1.29, 1.82) is 0 Å². The minimum atomic E-state index is -0.527. The van der Waals surface area contributed by atoms with Crippen LogP contribution >= 0.6 is 0 Å². The van der Waals surface area contributed by atoms with E-state index in [1.54, 1.807) is 0 Å². The molecule has 2 aromatic carbocycles. The van der Waals surface area contributed by atoms with E-state index in [9.17, 15) is 8.78 Å². The molecule has 1 nitrogen and oxygen atoms in total. The van der Waals surface area contributed by atoms with Gasteiger partial charge in [-0.3, -0.25) is 0 Å². The van der Waals surface area contributed by atoms with Gasteiger partial charge in [-0.15, -0.1) is 0 Å². The Bertz CT molecular complexity index is 567. The molecule has 0 aromatic heterocycles. The van der Waals surface area contributed by atoms with Gasteiger partial charge in [-0.25, -0.2) is 8.78 Å². The molecule has 2 rings (SSSR count). The highest BCUT2D eigenvalue weighted by Gasteiger charge is 2.13. The van der Waals surface area contributed by atoms with Gasteiger partial charge in [-0.05, 0) is 44.4 Å². The van der Waals surface area contributed by atoms with Gasteiger partial charge in [-0.2, -0.15) is 0 Å². The summed E-state index contributed by atoms with van der Waals surface area (Å²) in [5, 5.41) is 0. The minimum absolute atomic E-state index is 0.0735. The highest BCUT2D eigenvalue weighted by molar-refractivity contribution is 5.29. The largest absolute Gasteiger partial charge is 0.327 e. The molecule has 106 valence electrons. The van der Waals surface area contributed by atoms with Gasteiger partial charge in [0.2, 0.25) is 0 Å². The Morgan fingerprint density at radius 2 is 1.50 bits per heavy atom. The predicted molar refractivity (Wildman–Crippen MR) is 77.7 cm³/mol. The van der Waals surface area contributed by atoms with Crippen molar-refractivity contribution in [2.75, 3.05) is 0 Å². The SMILES string of the molecule is Cc1cc(C)cc(CC(N)Cc2c(F)cccc2F)c1. The van der Waals surface area contributed by atoms with Crippen molar-refractivity contribution in [3.05, 3.63) is 70.3 Å². The smallest absolute Gasteiger partial charge is 0.129 e. The molecule has 2 aromatic rings. The van der Waals surface area contributed by atoms with Crippen molar-refractivity contribution in [2.45, 2.75) is 32.7 Å². The molecule has 0 amide bonds. The average molecular weight is 275 g/mol. The highest BCUT2D eigenvalue weighted by Crippen LogP contribution is 2.16. The van der Waals surface area contributed by atoms with Crippen LogP contribution in [0.15, 0.2) is 36.4 Å². The fraction of sp³-hybridized carbons (Fsp3) is 0.294. The van der Waals surface area contributed by atoms with Crippen LogP contribution in [-0.2, 0) is 12.8 Å². The third-order valence-corrected chi connectivity index (χ3v) is 3.31. The van der Waals surface area contributed by atoms with E-state index in [-0.39, 0.29) is 18.0 Å². The molecule has 20 heavy (non-hydrogen) atoms. The Morgan fingerprint density at radius 1 is 0.950 bits per heavy atom. The van der Waals surface area contributed by atoms with Crippen molar-refractivity contribution in [2.24, 2.45) is 5.73 Å². The summed E-state index contributed by atoms with van der Waals surface area (Å²) < 4.78 is 27.2. The summed E-state index contributed by atoms with van der Waals surface area (Å²) in [5.74, 6) is -1.05. The first-order valence-corrected chi connectivity index (χ1v) is 6.71. The fourth-order valence-corrected chi connectivity index (χ4v) is 2.55. The zero-order valence-corrected chi connectivity index (χ0v) is 11.8. The molecular formula is C17H19F2N. The number of hydrogen-bond donors (Lipinski definition) is 1. The molecule has 0 saturated carbocycles. The minimum Gasteiger partial charge on any atom is -0.327 e. The first-order chi connectivity index (χ1) is 9.45. The number of halogens is 2. The van der Waals surface area contributed by atoms with E-state index in [0.717, 1.165) is 5.56 Å². The van der Waals surface area contributed by atoms with Crippen LogP contribution in [-0.4, -0.2) is 6.04 Å². The Hall–Kier alpha value is -1.74. The van der Waals surface area contributed by atoms with Crippen LogP contribution in [0.2, 0.25) is 0 Å². The van der Waals surface area contributed by atoms with Crippen LogP contribution in [0.3, 0.4) is 0 Å². The highest BCUT2D eigenvalue weighted by atomic mass is 19.1. The fourth-order valence-electron chi connectivity index (χ4n) is 2.55. The first-order valence-electron chi connectivity index (χ1n) is 6.71. The van der Waals surface area contributed by atoms with Crippen LogP contribution in [0, 0.1) is 25.5 Å². The van der Waals surface area contributed by atoms with Crippen molar-refractivity contribution < 1.29 is 8.78 Å². The van der Waals surface area contributed by atoms with E-state index in [1.165, 1.54) is 29.3 Å². The van der Waals surface area contributed by atoms with E-state index >= 15 is 0 Å². The van der Waals surface area contributed by atoms with E-state index < -0.39 is 11.6 Å². The van der Waals surface area contributed by atoms with Gasteiger partial charge in [0.1, 0.15) is 11.6 Å². The van der Waals surface area contributed by atoms with Crippen LogP contribution in [0.5, 0.6) is 0 Å². The Morgan fingerprint density at radius 3 is 2.05 bits per heavy atom. The number of nitrogens with two attached hydrogens (primary N) is 1. The quantitative estimate of drug-likeness (QED) is 0.904. The first kappa shape index (κ1) is 14.7. The summed E-state index contributed by atoms with van der Waals surface area (Å²) in [6, 6.07) is 9.80. The second kappa shape index (κ2) is 6.14. The monoisotopic (exact) mass is 275 g/mol. The van der Waals surface area contributed by atoms with E-state index in [0.29, 0.717) is 6.42 Å². The Labute approximate surface area is 118 Å². The summed E-state index contributed by atoms with van der Waals surface area (Å²) in [6.07, 6.45) is 0.807. The summed E-state index contributed by atoms with van der Waals surface area (Å²) in [7, 11) is 0. The molecule has 0 spiro atoms. The molecule has 2 N–H and O–H groups in total. The van der Waals surface area contributed by atoms with Crippen molar-refractivity contribution >= 4 is 0 Å². The zero-order chi connectivity index (χ0) is 14.7. The van der Waals surface area contributed by atoms with E-state index in [4.69, 9.17) is 5.73 Å². The summed E-state index contributed by atoms with van der Waals surface area (Å²) in [6.45, 7) is 4.05. The Balaban J connectivity index is 2.11. The Kier molecular flexibility index (Phi) is 4.50. The number of benzene rings is 2. The molecular weight excluding hydrogens is 256 g/mol. The van der Waals surface area contributed by atoms with Gasteiger partial charge < -0.3 is 5.73 Å². The van der Waals surface area contributed by atoms with Crippen molar-refractivity contribution in [3.63, 3.8) is 0 Å². The van der Waals surface area contributed by atoms with Crippen LogP contribution < -0.4 is 5.73 Å². The number of aryl methyl sites for hydroxylation is 2. The third kappa shape index (κ3) is 3.64. The van der Waals surface area contributed by atoms with Crippen molar-refractivity contribution in [1.82, 2.24) is 0 Å². The zero-order valence-electron chi connectivity index (χ0n) is 11.8. The number of rotatable bonds is 4. The van der Waals surface area contributed by atoms with E-state index in [2.05, 4.69) is 18.2 Å². The molecule has 0 fully saturated rings. The molecule has 0 aliphatic heterocycles. The van der Waals surface area contributed by atoms with Gasteiger partial charge >= 0.3 is 0 Å². The van der Waals surface area contributed by atoms with Crippen LogP contribution in [0.1, 0.15) is 22.3 Å². The molecule has 1 atom stereocenters. The lowest BCUT2D eigenvalue weighted by atomic mass is 9.97. The molecule has 0 heterocycles. The van der Waals surface area contributed by atoms with Crippen LogP contribution in [0.4, 0.5) is 8.78 Å². The third-order valence-electron chi connectivity index (χ3n) is 3.31. The molecule has 3 heteroatoms. The topological polar surface area (TPSA) is 26.0 Å². The molecule has 0 radical (unpaired) electrons. The average Bonchev–Trinajstić information content (AvgIpc) is 2.32. The van der Waals surface area contributed by atoms with Gasteiger partial charge in [-0.1, -0.05) is 35.4 Å². The molecule has 0 aliphatic rings. The summed E-state index contributed by atoms with van der Waals surface area (Å²) >= 11 is 0. The molecule has 0 bridgehead atoms. The van der Waals surface area contributed by atoms with E-state index in [1.807, 2.05) is 13.8 Å². The van der Waals surface area contributed by atoms with Crippen LogP contribution in [0.25, 0.3) is 0 Å². The normalized spacial score (nSPS) is 12.4. The lowest BCUT2D eigenvalue weighted by Gasteiger charge is -2.14. The standard InChI is InChI=1S/C17H19F2N/c1-11-6-12(2)8-13(7-11)9-14(20)10-15-16(18)4-3-5-17(15)19/h3-8,14H,9-10,20H2,1-2H3. The molecule has 1 unspecified atom stereocenters. The molecule has 0 saturated heterocycles. The number of hydrogen-bond acceptors (Lipinski definition) is 1. The summed E-state index contributed by atoms with van der Waals surface area (Å²) in [5.41, 5.74) is 9.56. The van der Waals surface area contributed by atoms with Gasteiger partial charge in [0, 0.05) is 11.6 Å². The second-order valence-electron chi connectivity index (χ2n) is 5.36. The maximum Gasteiger partial charge on any atom is 0.129 e. The molecule has 0 aliphatic carbocycles. The lowest BCUT2D eigenvalue weighted by Crippen LogP contribution is -2.26. The maximum absolute atomic E-state index is 13.6. The van der Waals surface area contributed by atoms with Gasteiger partial charge in [0.15, 0.2) is 0 Å². The maximum atomic E-state index is 13.6. The summed E-state index contributed by atoms with van der Waals surface area (Å²) in [4.78, 5) is 0. The van der Waals surface area contributed by atoms with Crippen molar-refractivity contribution in [3.8, 4) is 0 Å². The predicted octanol–water partition coefficient (Wildman–Crippen LogP) is 3.69. The second-order valence-corrected chi connectivity index (χ2v) is 5.36. The lowest BCUT2D eigenvalue weighted by molar-refractivity contribution is 0.533.